The van der Waals surface area contributed by atoms with Crippen molar-refractivity contribution in [2.24, 2.45) is 0 Å². The summed E-state index contributed by atoms with van der Waals surface area (Å²) in [5.74, 6) is 0. The molecule has 100 valence electrons. The van der Waals surface area contributed by atoms with Crippen molar-refractivity contribution in [1.29, 1.82) is 5.26 Å². The summed E-state index contributed by atoms with van der Waals surface area (Å²) in [6.07, 6.45) is 5.61. The average Bonchev–Trinajstić information content (AvgIpc) is 2.94. The predicted molar refractivity (Wildman–Crippen MR) is 84.7 cm³/mol. The third kappa shape index (κ3) is 2.39. The van der Waals surface area contributed by atoms with Crippen molar-refractivity contribution in [3.05, 3.63) is 53.1 Å². The Kier molecular flexibility index (Phi) is 3.66. The number of nitriles is 1. The highest BCUT2D eigenvalue weighted by Crippen LogP contribution is 2.30. The average molecular weight is 280 g/mol. The molecule has 2 nitrogen and oxygen atoms in total. The number of nitrogens with zero attached hydrogens (tertiary/aromatic N) is 1. The van der Waals surface area contributed by atoms with Gasteiger partial charge in [0.25, 0.3) is 0 Å². The van der Waals surface area contributed by atoms with Gasteiger partial charge in [0.05, 0.1) is 11.3 Å². The van der Waals surface area contributed by atoms with Gasteiger partial charge in [0.1, 0.15) is 6.07 Å². The summed E-state index contributed by atoms with van der Waals surface area (Å²) >= 11 is 1.60. The maximum absolute atomic E-state index is 9.36. The second-order valence-electron chi connectivity index (χ2n) is 4.96. The number of thioether (sulfide) groups is 1. The fourth-order valence-electron chi connectivity index (χ4n) is 2.73. The van der Waals surface area contributed by atoms with E-state index in [2.05, 4.69) is 29.6 Å². The highest BCUT2D eigenvalue weighted by Gasteiger charge is 2.12. The van der Waals surface area contributed by atoms with Crippen molar-refractivity contribution < 1.29 is 0 Å². The van der Waals surface area contributed by atoms with Gasteiger partial charge in [0.15, 0.2) is 0 Å². The Morgan fingerprint density at radius 3 is 2.80 bits per heavy atom. The maximum atomic E-state index is 9.36. The van der Waals surface area contributed by atoms with Gasteiger partial charge >= 0.3 is 0 Å². The number of nitrogens with one attached hydrogen (secondary N) is 1. The quantitative estimate of drug-likeness (QED) is 0.840. The Hall–Kier alpha value is -1.92. The second kappa shape index (κ2) is 5.60. The molecule has 0 bridgehead atoms. The summed E-state index contributed by atoms with van der Waals surface area (Å²) in [4.78, 5) is 1.01. The molecule has 1 aliphatic rings. The van der Waals surface area contributed by atoms with Gasteiger partial charge in [-0.3, -0.25) is 0 Å². The van der Waals surface area contributed by atoms with Crippen LogP contribution in [-0.4, -0.2) is 6.26 Å². The summed E-state index contributed by atoms with van der Waals surface area (Å²) < 4.78 is 0. The van der Waals surface area contributed by atoms with E-state index >= 15 is 0 Å². The zero-order valence-corrected chi connectivity index (χ0v) is 12.3. The lowest BCUT2D eigenvalue weighted by Crippen LogP contribution is -1.96. The van der Waals surface area contributed by atoms with Gasteiger partial charge < -0.3 is 5.32 Å². The Balaban J connectivity index is 1.94. The molecule has 0 radical (unpaired) electrons. The molecular weight excluding hydrogens is 264 g/mol. The van der Waals surface area contributed by atoms with Crippen LogP contribution in [0.1, 0.15) is 23.1 Å². The zero-order chi connectivity index (χ0) is 13.9. The molecular formula is C17H16N2S. The standard InChI is InChI=1S/C17H16N2S/c1-20-17-7-3-6-16(15(17)11-18)19-14-9-8-12-4-2-5-13(12)10-14/h3,6-10,19H,2,4-5H2,1H3. The van der Waals surface area contributed by atoms with Crippen LogP contribution in [0.2, 0.25) is 0 Å². The number of benzene rings is 2. The van der Waals surface area contributed by atoms with Crippen molar-refractivity contribution in [2.45, 2.75) is 24.2 Å². The topological polar surface area (TPSA) is 35.8 Å². The van der Waals surface area contributed by atoms with E-state index in [0.29, 0.717) is 0 Å². The van der Waals surface area contributed by atoms with Gasteiger partial charge in [-0.25, -0.2) is 0 Å². The van der Waals surface area contributed by atoms with Gasteiger partial charge in [-0.15, -0.1) is 11.8 Å². The Bertz CT molecular complexity index is 686. The molecule has 1 aliphatic carbocycles. The molecule has 0 aromatic heterocycles. The van der Waals surface area contributed by atoms with E-state index in [0.717, 1.165) is 21.8 Å². The Labute approximate surface area is 123 Å². The van der Waals surface area contributed by atoms with Crippen LogP contribution in [-0.2, 0) is 12.8 Å². The molecule has 2 aromatic carbocycles. The summed E-state index contributed by atoms with van der Waals surface area (Å²) in [6.45, 7) is 0. The lowest BCUT2D eigenvalue weighted by molar-refractivity contribution is 0.912. The van der Waals surface area contributed by atoms with Crippen molar-refractivity contribution in [3.8, 4) is 6.07 Å². The van der Waals surface area contributed by atoms with Crippen LogP contribution < -0.4 is 5.32 Å². The highest BCUT2D eigenvalue weighted by molar-refractivity contribution is 7.98. The molecule has 0 aliphatic heterocycles. The number of fused-ring (bicyclic) bond motifs is 1. The Morgan fingerprint density at radius 1 is 1.15 bits per heavy atom. The second-order valence-corrected chi connectivity index (χ2v) is 5.80. The van der Waals surface area contributed by atoms with Crippen molar-refractivity contribution in [1.82, 2.24) is 0 Å². The maximum Gasteiger partial charge on any atom is 0.103 e. The molecule has 0 spiro atoms. The van der Waals surface area contributed by atoms with Crippen molar-refractivity contribution in [3.63, 3.8) is 0 Å². The fourth-order valence-corrected chi connectivity index (χ4v) is 3.30. The number of aryl methyl sites for hydroxylation is 2. The third-order valence-corrected chi connectivity index (χ3v) is 4.52. The first-order chi connectivity index (χ1) is 9.81. The van der Waals surface area contributed by atoms with Crippen LogP contribution in [0.4, 0.5) is 11.4 Å². The third-order valence-electron chi connectivity index (χ3n) is 3.74. The minimum absolute atomic E-state index is 0.723. The summed E-state index contributed by atoms with van der Waals surface area (Å²) in [5, 5.41) is 12.8. The van der Waals surface area contributed by atoms with E-state index in [4.69, 9.17) is 0 Å². The van der Waals surface area contributed by atoms with E-state index in [1.807, 2.05) is 24.5 Å². The number of hydrogen-bond donors (Lipinski definition) is 1. The lowest BCUT2D eigenvalue weighted by Gasteiger charge is -2.11. The largest absolute Gasteiger partial charge is 0.354 e. The van der Waals surface area contributed by atoms with E-state index in [9.17, 15) is 5.26 Å². The first-order valence-electron chi connectivity index (χ1n) is 6.78. The molecule has 0 amide bonds. The lowest BCUT2D eigenvalue weighted by atomic mass is 10.1. The predicted octanol–water partition coefficient (Wildman–Crippen LogP) is 4.51. The van der Waals surface area contributed by atoms with Crippen LogP contribution in [0, 0.1) is 11.3 Å². The first-order valence-corrected chi connectivity index (χ1v) is 8.00. The van der Waals surface area contributed by atoms with Crippen LogP contribution in [0.25, 0.3) is 0 Å². The normalized spacial score (nSPS) is 12.8. The molecule has 2 aromatic rings. The monoisotopic (exact) mass is 280 g/mol. The molecule has 3 rings (SSSR count). The molecule has 0 saturated carbocycles. The first kappa shape index (κ1) is 13.1. The van der Waals surface area contributed by atoms with Crippen molar-refractivity contribution >= 4 is 23.1 Å². The molecule has 3 heteroatoms. The molecule has 0 atom stereocenters. The number of rotatable bonds is 3. The van der Waals surface area contributed by atoms with Gasteiger partial charge in [0, 0.05) is 10.6 Å². The van der Waals surface area contributed by atoms with Crippen LogP contribution >= 0.6 is 11.8 Å². The number of anilines is 2. The zero-order valence-electron chi connectivity index (χ0n) is 11.4. The highest BCUT2D eigenvalue weighted by atomic mass is 32.2. The summed E-state index contributed by atoms with van der Waals surface area (Å²) in [7, 11) is 0. The van der Waals surface area contributed by atoms with E-state index < -0.39 is 0 Å². The van der Waals surface area contributed by atoms with Gasteiger partial charge in [-0.05, 0) is 60.9 Å². The summed E-state index contributed by atoms with van der Waals surface area (Å²) in [6, 6.07) is 14.8. The smallest absolute Gasteiger partial charge is 0.103 e. The molecule has 0 heterocycles. The Morgan fingerprint density at radius 2 is 2.00 bits per heavy atom. The molecule has 0 unspecified atom stereocenters. The van der Waals surface area contributed by atoms with Crippen LogP contribution in [0.3, 0.4) is 0 Å². The minimum Gasteiger partial charge on any atom is -0.354 e. The molecule has 20 heavy (non-hydrogen) atoms. The number of hydrogen-bond acceptors (Lipinski definition) is 3. The van der Waals surface area contributed by atoms with Crippen LogP contribution in [0.15, 0.2) is 41.3 Å². The van der Waals surface area contributed by atoms with Gasteiger partial charge in [-0.2, -0.15) is 5.26 Å². The van der Waals surface area contributed by atoms with Gasteiger partial charge in [0.2, 0.25) is 0 Å². The van der Waals surface area contributed by atoms with Crippen LogP contribution in [0.5, 0.6) is 0 Å². The van der Waals surface area contributed by atoms with E-state index in [1.54, 1.807) is 11.8 Å². The summed E-state index contributed by atoms with van der Waals surface area (Å²) in [5.41, 5.74) is 5.58. The van der Waals surface area contributed by atoms with Crippen molar-refractivity contribution in [2.75, 3.05) is 11.6 Å². The fraction of sp³-hybridized carbons (Fsp3) is 0.235. The molecule has 0 fully saturated rings. The molecule has 0 saturated heterocycles. The van der Waals surface area contributed by atoms with E-state index in [1.165, 1.54) is 30.4 Å². The minimum atomic E-state index is 0.723. The van der Waals surface area contributed by atoms with Gasteiger partial charge in [-0.1, -0.05) is 12.1 Å². The molecule has 1 N–H and O–H groups in total. The SMILES string of the molecule is CSc1cccc(Nc2ccc3c(c2)CCC3)c1C#N. The van der Waals surface area contributed by atoms with E-state index in [-0.39, 0.29) is 0 Å².